The van der Waals surface area contributed by atoms with Crippen LogP contribution in [0.4, 0.5) is 13.6 Å². The topological polar surface area (TPSA) is 144 Å². The lowest BCUT2D eigenvalue weighted by Crippen LogP contribution is -2.39. The summed E-state index contributed by atoms with van der Waals surface area (Å²) in [6.45, 7) is 1.71. The zero-order valence-electron chi connectivity index (χ0n) is 22.2. The van der Waals surface area contributed by atoms with E-state index in [9.17, 15) is 9.59 Å². The van der Waals surface area contributed by atoms with Crippen LogP contribution in [0.3, 0.4) is 0 Å². The molecule has 0 saturated carbocycles. The van der Waals surface area contributed by atoms with Gasteiger partial charge >= 0.3 is 6.09 Å². The molecule has 42 heavy (non-hydrogen) atoms. The van der Waals surface area contributed by atoms with Crippen LogP contribution in [-0.4, -0.2) is 64.7 Å². The van der Waals surface area contributed by atoms with Gasteiger partial charge in [-0.25, -0.2) is 18.6 Å². The highest BCUT2D eigenvalue weighted by atomic mass is 35.5. The zero-order valence-corrected chi connectivity index (χ0v) is 23.0. The normalized spacial score (nSPS) is 18.1. The van der Waals surface area contributed by atoms with Gasteiger partial charge in [-0.15, -0.1) is 5.10 Å². The molecule has 2 aliphatic rings. The van der Waals surface area contributed by atoms with Crippen LogP contribution in [0.1, 0.15) is 49.3 Å². The molecule has 2 amide bonds. The Hall–Kier alpha value is -4.72. The van der Waals surface area contributed by atoms with Gasteiger partial charge in [0.2, 0.25) is 5.91 Å². The smallest absolute Gasteiger partial charge is 0.407 e. The number of tetrazole rings is 1. The lowest BCUT2D eigenvalue weighted by molar-refractivity contribution is -0.129. The van der Waals surface area contributed by atoms with Gasteiger partial charge in [0, 0.05) is 29.4 Å². The van der Waals surface area contributed by atoms with E-state index in [-0.39, 0.29) is 53.0 Å². The SMILES string of the molecule is CCOC(=O)NCc1nccc(-c2cnc([C@@H]3CC[C@@H]4CC(c5c(-n6cnnn6)ccc(Cl)c5F)=CC(=O)N43)[nH]2)c1F. The van der Waals surface area contributed by atoms with Crippen LogP contribution in [0, 0.1) is 11.6 Å². The molecule has 216 valence electrons. The number of carbonyl (C=O) groups excluding carboxylic acids is 2. The summed E-state index contributed by atoms with van der Waals surface area (Å²) in [6.07, 6.45) is 6.66. The number of halogens is 3. The van der Waals surface area contributed by atoms with E-state index in [1.807, 2.05) is 0 Å². The number of H-pyrrole nitrogens is 1. The first-order valence-corrected chi connectivity index (χ1v) is 13.6. The summed E-state index contributed by atoms with van der Waals surface area (Å²) in [7, 11) is 0. The summed E-state index contributed by atoms with van der Waals surface area (Å²) in [5, 5.41) is 13.5. The number of aromatic amines is 1. The van der Waals surface area contributed by atoms with Gasteiger partial charge in [-0.3, -0.25) is 9.78 Å². The molecule has 2 atom stereocenters. The lowest BCUT2D eigenvalue weighted by atomic mass is 9.92. The van der Waals surface area contributed by atoms with Crippen molar-refractivity contribution >= 4 is 29.2 Å². The van der Waals surface area contributed by atoms with Gasteiger partial charge in [0.15, 0.2) is 11.6 Å². The third-order valence-corrected chi connectivity index (χ3v) is 7.63. The van der Waals surface area contributed by atoms with Gasteiger partial charge in [-0.2, -0.15) is 4.68 Å². The van der Waals surface area contributed by atoms with E-state index < -0.39 is 17.7 Å². The number of aromatic nitrogens is 7. The minimum atomic E-state index is -0.670. The molecule has 0 unspecified atom stereocenters. The van der Waals surface area contributed by atoms with Crippen molar-refractivity contribution in [1.29, 1.82) is 0 Å². The molecule has 5 heterocycles. The first-order valence-electron chi connectivity index (χ1n) is 13.2. The van der Waals surface area contributed by atoms with Crippen LogP contribution >= 0.6 is 11.6 Å². The van der Waals surface area contributed by atoms with Crippen LogP contribution in [0.2, 0.25) is 5.02 Å². The van der Waals surface area contributed by atoms with Crippen molar-refractivity contribution in [2.75, 3.05) is 6.61 Å². The van der Waals surface area contributed by atoms with Crippen molar-refractivity contribution in [3.05, 3.63) is 76.7 Å². The van der Waals surface area contributed by atoms with E-state index >= 15 is 8.78 Å². The molecular weight excluding hydrogens is 572 g/mol. The molecule has 15 heteroatoms. The number of alkyl carbamates (subject to hydrolysis) is 1. The summed E-state index contributed by atoms with van der Waals surface area (Å²) in [5.74, 6) is -1.06. The molecule has 2 N–H and O–H groups in total. The zero-order chi connectivity index (χ0) is 29.4. The van der Waals surface area contributed by atoms with E-state index in [0.29, 0.717) is 42.0 Å². The van der Waals surface area contributed by atoms with E-state index in [1.165, 1.54) is 41.6 Å². The average Bonchev–Trinajstić information content (AvgIpc) is 3.75. The van der Waals surface area contributed by atoms with Gasteiger partial charge in [0.05, 0.1) is 47.5 Å². The van der Waals surface area contributed by atoms with Crippen LogP contribution in [0.25, 0.3) is 22.5 Å². The van der Waals surface area contributed by atoms with Crippen molar-refractivity contribution in [2.24, 2.45) is 0 Å². The number of nitrogens with one attached hydrogen (secondary N) is 2. The van der Waals surface area contributed by atoms with Crippen LogP contribution < -0.4 is 5.32 Å². The fourth-order valence-corrected chi connectivity index (χ4v) is 5.66. The number of imidazole rings is 1. The monoisotopic (exact) mass is 595 g/mol. The molecule has 0 spiro atoms. The number of carbonyl (C=O) groups is 2. The van der Waals surface area contributed by atoms with Crippen molar-refractivity contribution < 1.29 is 23.1 Å². The van der Waals surface area contributed by atoms with Gasteiger partial charge in [-0.1, -0.05) is 11.6 Å². The summed E-state index contributed by atoms with van der Waals surface area (Å²) in [4.78, 5) is 38.5. The third-order valence-electron chi connectivity index (χ3n) is 7.34. The molecule has 4 aromatic rings. The molecule has 3 aromatic heterocycles. The Morgan fingerprint density at radius 1 is 1.21 bits per heavy atom. The fraction of sp³-hybridized carbons (Fsp3) is 0.296. The van der Waals surface area contributed by atoms with Crippen LogP contribution in [0.15, 0.2) is 43.0 Å². The molecular formula is C27H24ClF2N9O3. The second kappa shape index (κ2) is 11.3. The van der Waals surface area contributed by atoms with E-state index in [0.717, 1.165) is 0 Å². The molecule has 1 aromatic carbocycles. The first kappa shape index (κ1) is 27.4. The minimum absolute atomic E-state index is 0.0378. The van der Waals surface area contributed by atoms with Gasteiger partial charge in [0.25, 0.3) is 0 Å². The molecule has 12 nitrogen and oxygen atoms in total. The average molecular weight is 596 g/mol. The number of amides is 2. The van der Waals surface area contributed by atoms with Crippen molar-refractivity contribution in [1.82, 2.24) is 45.4 Å². The van der Waals surface area contributed by atoms with Crippen molar-refractivity contribution in [3.8, 4) is 16.9 Å². The maximum absolute atomic E-state index is 15.3. The number of pyridine rings is 1. The van der Waals surface area contributed by atoms with Crippen LogP contribution in [0.5, 0.6) is 0 Å². The second-order valence-corrected chi connectivity index (χ2v) is 10.2. The Balaban J connectivity index is 1.25. The highest BCUT2D eigenvalue weighted by Crippen LogP contribution is 2.44. The van der Waals surface area contributed by atoms with E-state index in [4.69, 9.17) is 16.3 Å². The Labute approximate surface area is 242 Å². The third kappa shape index (κ3) is 4.98. The number of hydrogen-bond acceptors (Lipinski definition) is 8. The Morgan fingerprint density at radius 3 is 2.86 bits per heavy atom. The summed E-state index contributed by atoms with van der Waals surface area (Å²) >= 11 is 6.11. The predicted octanol–water partition coefficient (Wildman–Crippen LogP) is 4.14. The molecule has 6 rings (SSSR count). The highest BCUT2D eigenvalue weighted by molar-refractivity contribution is 6.31. The molecule has 0 radical (unpaired) electrons. The molecule has 0 aliphatic carbocycles. The second-order valence-electron chi connectivity index (χ2n) is 9.75. The fourth-order valence-electron chi connectivity index (χ4n) is 5.50. The van der Waals surface area contributed by atoms with Crippen molar-refractivity contribution in [3.63, 3.8) is 0 Å². The molecule has 1 saturated heterocycles. The standard InChI is InChI=1S/C27H24ClF2N9O3/c1-2-42-27(41)33-12-19-24(29)16(7-8-31-19)18-11-32-26(35-18)21-5-3-15-9-14(10-22(40)39(15)21)23-20(38-13-34-36-37-38)6-4-17(28)25(23)30/h4,6-8,10-11,13,15,21H,2-3,5,9,12H2,1H3,(H,32,35)(H,33,41)/t15-,21+/m1/s1. The quantitative estimate of drug-likeness (QED) is 0.324. The number of benzene rings is 1. The highest BCUT2D eigenvalue weighted by Gasteiger charge is 2.42. The van der Waals surface area contributed by atoms with Gasteiger partial charge in [-0.05, 0) is 60.4 Å². The number of hydrogen-bond donors (Lipinski definition) is 2. The maximum Gasteiger partial charge on any atom is 0.407 e. The maximum atomic E-state index is 15.3. The Morgan fingerprint density at radius 2 is 2.07 bits per heavy atom. The molecule has 2 aliphatic heterocycles. The summed E-state index contributed by atoms with van der Waals surface area (Å²) in [5.41, 5.74) is 1.70. The minimum Gasteiger partial charge on any atom is -0.450 e. The summed E-state index contributed by atoms with van der Waals surface area (Å²) < 4.78 is 36.8. The largest absolute Gasteiger partial charge is 0.450 e. The number of nitrogens with zero attached hydrogens (tertiary/aromatic N) is 7. The van der Waals surface area contributed by atoms with Crippen molar-refractivity contribution in [2.45, 2.75) is 44.8 Å². The predicted molar refractivity (Wildman–Crippen MR) is 145 cm³/mol. The molecule has 1 fully saturated rings. The van der Waals surface area contributed by atoms with Gasteiger partial charge < -0.3 is 19.9 Å². The van der Waals surface area contributed by atoms with Gasteiger partial charge in [0.1, 0.15) is 12.2 Å². The van der Waals surface area contributed by atoms with E-state index in [2.05, 4.69) is 35.8 Å². The molecule has 0 bridgehead atoms. The lowest BCUT2D eigenvalue weighted by Gasteiger charge is -2.33. The number of rotatable bonds is 7. The van der Waals surface area contributed by atoms with Crippen LogP contribution in [-0.2, 0) is 16.1 Å². The summed E-state index contributed by atoms with van der Waals surface area (Å²) in [6, 6.07) is 3.93. The Bertz CT molecular complexity index is 1690. The number of fused-ring (bicyclic) bond motifs is 1. The first-order chi connectivity index (χ1) is 20.4. The number of ether oxygens (including phenoxy) is 1. The Kier molecular flexibility index (Phi) is 7.37. The van der Waals surface area contributed by atoms with E-state index in [1.54, 1.807) is 17.9 Å².